The van der Waals surface area contributed by atoms with Crippen LogP contribution < -0.4 is 4.74 Å². The minimum Gasteiger partial charge on any atom is -0.483 e. The van der Waals surface area contributed by atoms with Crippen LogP contribution in [0, 0.1) is 0 Å². The van der Waals surface area contributed by atoms with Gasteiger partial charge in [0.05, 0.1) is 4.47 Å². The molecule has 1 N–H and O–H groups in total. The van der Waals surface area contributed by atoms with Crippen LogP contribution in [0.5, 0.6) is 5.75 Å². The van der Waals surface area contributed by atoms with Gasteiger partial charge in [-0.1, -0.05) is 15.9 Å². The largest absolute Gasteiger partial charge is 0.483 e. The minimum absolute atomic E-state index is 0.0101. The number of halogens is 2. The number of ether oxygens (including phenoxy) is 1. The number of hydrogen-bond donors (Lipinski definition) is 1. The number of carbonyl (C=O) groups excluding carboxylic acids is 1. The van der Waals surface area contributed by atoms with Gasteiger partial charge >= 0.3 is 0 Å². The van der Waals surface area contributed by atoms with Crippen molar-refractivity contribution in [3.05, 3.63) is 27.1 Å². The predicted octanol–water partition coefficient (Wildman–Crippen LogP) is 3.21. The fourth-order valence-corrected chi connectivity index (χ4v) is 2.89. The quantitative estimate of drug-likeness (QED) is 0.753. The maximum Gasteiger partial charge on any atom is 0.260 e. The van der Waals surface area contributed by atoms with Gasteiger partial charge < -0.3 is 14.7 Å². The van der Waals surface area contributed by atoms with E-state index in [-0.39, 0.29) is 25.2 Å². The Morgan fingerprint density at radius 3 is 2.65 bits per heavy atom. The van der Waals surface area contributed by atoms with Gasteiger partial charge in [0.1, 0.15) is 5.75 Å². The normalized spacial score (nSPS) is 10.7. The molecule has 1 aromatic carbocycles. The topological polar surface area (TPSA) is 49.8 Å². The Balaban J connectivity index is 2.60. The fourth-order valence-electron chi connectivity index (χ4n) is 1.73. The first kappa shape index (κ1) is 17.5. The van der Waals surface area contributed by atoms with Crippen LogP contribution in [-0.2, 0) is 4.79 Å². The molecule has 1 aromatic rings. The summed E-state index contributed by atoms with van der Waals surface area (Å²) < 4.78 is 7.28. The summed E-state index contributed by atoms with van der Waals surface area (Å²) in [6.45, 7) is 4.51. The molecule has 0 saturated carbocycles. The zero-order chi connectivity index (χ0) is 15.1. The van der Waals surface area contributed by atoms with Gasteiger partial charge in [0.25, 0.3) is 5.91 Å². The lowest BCUT2D eigenvalue weighted by atomic mass is 10.3. The van der Waals surface area contributed by atoms with Crippen molar-refractivity contribution in [1.29, 1.82) is 0 Å². The molecular formula is C14H19Br2NO3. The Labute approximate surface area is 136 Å². The van der Waals surface area contributed by atoms with E-state index >= 15 is 0 Å². The number of rotatable bonds is 7. The third kappa shape index (κ3) is 5.42. The van der Waals surface area contributed by atoms with Gasteiger partial charge in [-0.25, -0.2) is 0 Å². The van der Waals surface area contributed by atoms with Crippen LogP contribution in [-0.4, -0.2) is 41.7 Å². The minimum atomic E-state index is -0.0803. The molecule has 0 aliphatic heterocycles. The van der Waals surface area contributed by atoms with Gasteiger partial charge in [0.2, 0.25) is 0 Å². The number of hydrogen-bond acceptors (Lipinski definition) is 3. The SMILES string of the molecule is CC(C)N(CCCO)C(=O)COc1ccc(Br)cc1Br. The van der Waals surface area contributed by atoms with Crippen molar-refractivity contribution < 1.29 is 14.6 Å². The number of aliphatic hydroxyl groups excluding tert-OH is 1. The number of aliphatic hydroxyl groups is 1. The highest BCUT2D eigenvalue weighted by Gasteiger charge is 2.17. The van der Waals surface area contributed by atoms with Crippen molar-refractivity contribution in [1.82, 2.24) is 4.90 Å². The molecule has 0 saturated heterocycles. The zero-order valence-corrected chi connectivity index (χ0v) is 14.8. The average Bonchev–Trinajstić information content (AvgIpc) is 2.37. The van der Waals surface area contributed by atoms with Crippen molar-refractivity contribution in [2.45, 2.75) is 26.3 Å². The molecule has 0 unspecified atom stereocenters. The molecule has 0 heterocycles. The number of carbonyl (C=O) groups is 1. The van der Waals surface area contributed by atoms with Crippen LogP contribution in [0.4, 0.5) is 0 Å². The van der Waals surface area contributed by atoms with Crippen molar-refractivity contribution >= 4 is 37.8 Å². The van der Waals surface area contributed by atoms with E-state index in [0.717, 1.165) is 8.95 Å². The first-order chi connectivity index (χ1) is 9.45. The second-order valence-electron chi connectivity index (χ2n) is 4.62. The standard InChI is InChI=1S/C14H19Br2NO3/c1-10(2)17(6-3-7-18)14(19)9-20-13-5-4-11(15)8-12(13)16/h4-5,8,10,18H,3,6-7,9H2,1-2H3. The van der Waals surface area contributed by atoms with Gasteiger partial charge in [-0.3, -0.25) is 4.79 Å². The smallest absolute Gasteiger partial charge is 0.260 e. The predicted molar refractivity (Wildman–Crippen MR) is 85.9 cm³/mol. The summed E-state index contributed by atoms with van der Waals surface area (Å²) in [5.74, 6) is 0.552. The van der Waals surface area contributed by atoms with Gasteiger partial charge in [-0.15, -0.1) is 0 Å². The molecule has 0 atom stereocenters. The van der Waals surface area contributed by atoms with Gasteiger partial charge in [0.15, 0.2) is 6.61 Å². The molecule has 0 aromatic heterocycles. The van der Waals surface area contributed by atoms with Crippen LogP contribution in [0.25, 0.3) is 0 Å². The molecule has 0 fully saturated rings. The fraction of sp³-hybridized carbons (Fsp3) is 0.500. The lowest BCUT2D eigenvalue weighted by Crippen LogP contribution is -2.40. The summed E-state index contributed by atoms with van der Waals surface area (Å²) in [6, 6.07) is 5.61. The summed E-state index contributed by atoms with van der Waals surface area (Å²) in [6.07, 6.45) is 0.575. The molecule has 0 aliphatic carbocycles. The Morgan fingerprint density at radius 1 is 1.40 bits per heavy atom. The molecule has 6 heteroatoms. The Morgan fingerprint density at radius 2 is 2.10 bits per heavy atom. The Bertz CT molecular complexity index is 452. The molecule has 4 nitrogen and oxygen atoms in total. The van der Waals surface area contributed by atoms with Crippen molar-refractivity contribution in [2.75, 3.05) is 19.8 Å². The second kappa shape index (κ2) is 8.64. The summed E-state index contributed by atoms with van der Waals surface area (Å²) in [5.41, 5.74) is 0. The highest BCUT2D eigenvalue weighted by Crippen LogP contribution is 2.28. The monoisotopic (exact) mass is 407 g/mol. The van der Waals surface area contributed by atoms with Crippen LogP contribution in [0.2, 0.25) is 0 Å². The molecule has 0 aliphatic rings. The number of amides is 1. The van der Waals surface area contributed by atoms with E-state index in [0.29, 0.717) is 18.7 Å². The van der Waals surface area contributed by atoms with E-state index in [2.05, 4.69) is 31.9 Å². The van der Waals surface area contributed by atoms with Crippen molar-refractivity contribution in [2.24, 2.45) is 0 Å². The van der Waals surface area contributed by atoms with E-state index in [4.69, 9.17) is 9.84 Å². The summed E-state index contributed by atoms with van der Waals surface area (Å²) >= 11 is 6.75. The van der Waals surface area contributed by atoms with E-state index in [1.807, 2.05) is 26.0 Å². The third-order valence-corrected chi connectivity index (χ3v) is 3.86. The van der Waals surface area contributed by atoms with Crippen LogP contribution >= 0.6 is 31.9 Å². The lowest BCUT2D eigenvalue weighted by Gasteiger charge is -2.26. The van der Waals surface area contributed by atoms with E-state index in [1.165, 1.54) is 0 Å². The zero-order valence-electron chi connectivity index (χ0n) is 11.6. The van der Waals surface area contributed by atoms with Gasteiger partial charge in [-0.05, 0) is 54.4 Å². The molecule has 0 spiro atoms. The number of benzene rings is 1. The molecule has 0 bridgehead atoms. The number of nitrogens with zero attached hydrogens (tertiary/aromatic N) is 1. The highest BCUT2D eigenvalue weighted by atomic mass is 79.9. The molecular weight excluding hydrogens is 390 g/mol. The molecule has 1 amide bonds. The van der Waals surface area contributed by atoms with E-state index in [9.17, 15) is 4.79 Å². The Hall–Kier alpha value is -0.590. The van der Waals surface area contributed by atoms with E-state index < -0.39 is 0 Å². The maximum atomic E-state index is 12.1. The molecule has 1 rings (SSSR count). The maximum absolute atomic E-state index is 12.1. The molecule has 112 valence electrons. The third-order valence-electron chi connectivity index (χ3n) is 2.75. The highest BCUT2D eigenvalue weighted by molar-refractivity contribution is 9.11. The molecule has 20 heavy (non-hydrogen) atoms. The van der Waals surface area contributed by atoms with Crippen molar-refractivity contribution in [3.8, 4) is 5.75 Å². The summed E-state index contributed by atoms with van der Waals surface area (Å²) in [5, 5.41) is 8.87. The molecule has 0 radical (unpaired) electrons. The van der Waals surface area contributed by atoms with Crippen molar-refractivity contribution in [3.63, 3.8) is 0 Å². The first-order valence-electron chi connectivity index (χ1n) is 6.44. The van der Waals surface area contributed by atoms with Crippen LogP contribution in [0.15, 0.2) is 27.1 Å². The average molecular weight is 409 g/mol. The van der Waals surface area contributed by atoms with E-state index in [1.54, 1.807) is 11.0 Å². The van der Waals surface area contributed by atoms with Crippen LogP contribution in [0.3, 0.4) is 0 Å². The summed E-state index contributed by atoms with van der Waals surface area (Å²) in [7, 11) is 0. The van der Waals surface area contributed by atoms with Crippen LogP contribution in [0.1, 0.15) is 20.3 Å². The van der Waals surface area contributed by atoms with Gasteiger partial charge in [-0.2, -0.15) is 0 Å². The lowest BCUT2D eigenvalue weighted by molar-refractivity contribution is -0.135. The van der Waals surface area contributed by atoms with Gasteiger partial charge in [0, 0.05) is 23.7 Å². The Kier molecular flexibility index (Phi) is 7.55. The summed E-state index contributed by atoms with van der Waals surface area (Å²) in [4.78, 5) is 13.8. The second-order valence-corrected chi connectivity index (χ2v) is 6.39. The first-order valence-corrected chi connectivity index (χ1v) is 8.02.